The lowest BCUT2D eigenvalue weighted by molar-refractivity contribution is 0.258. The second-order valence-electron chi connectivity index (χ2n) is 4.33. The smallest absolute Gasteiger partial charge is 0.142 e. The summed E-state index contributed by atoms with van der Waals surface area (Å²) in [6, 6.07) is 3.99. The SMILES string of the molecule is CCNCc1nc(C)ccc1OCCN(C)C. The lowest BCUT2D eigenvalue weighted by atomic mass is 10.3. The molecule has 0 radical (unpaired) electrons. The van der Waals surface area contributed by atoms with Gasteiger partial charge in [0.25, 0.3) is 0 Å². The fourth-order valence-corrected chi connectivity index (χ4v) is 1.44. The quantitative estimate of drug-likeness (QED) is 0.778. The molecule has 1 rings (SSSR count). The van der Waals surface area contributed by atoms with Gasteiger partial charge in [0.05, 0.1) is 5.69 Å². The molecule has 0 spiro atoms. The fourth-order valence-electron chi connectivity index (χ4n) is 1.44. The van der Waals surface area contributed by atoms with Gasteiger partial charge in [-0.2, -0.15) is 0 Å². The van der Waals surface area contributed by atoms with E-state index < -0.39 is 0 Å². The molecule has 0 unspecified atom stereocenters. The summed E-state index contributed by atoms with van der Waals surface area (Å²) < 4.78 is 5.76. The third-order valence-electron chi connectivity index (χ3n) is 2.41. The molecule has 1 aromatic rings. The highest BCUT2D eigenvalue weighted by atomic mass is 16.5. The number of ether oxygens (including phenoxy) is 1. The third-order valence-corrected chi connectivity index (χ3v) is 2.41. The fraction of sp³-hybridized carbons (Fsp3) is 0.615. The lowest BCUT2D eigenvalue weighted by Gasteiger charge is -2.14. The summed E-state index contributed by atoms with van der Waals surface area (Å²) in [4.78, 5) is 6.61. The number of rotatable bonds is 7. The zero-order valence-electron chi connectivity index (χ0n) is 11.3. The maximum absolute atomic E-state index is 5.76. The second-order valence-corrected chi connectivity index (χ2v) is 4.33. The van der Waals surface area contributed by atoms with E-state index in [0.29, 0.717) is 6.61 Å². The van der Waals surface area contributed by atoms with Crippen LogP contribution in [0.2, 0.25) is 0 Å². The number of aromatic nitrogens is 1. The molecule has 0 aliphatic carbocycles. The van der Waals surface area contributed by atoms with Gasteiger partial charge in [0.2, 0.25) is 0 Å². The van der Waals surface area contributed by atoms with Crippen LogP contribution in [0, 0.1) is 6.92 Å². The predicted molar refractivity (Wildman–Crippen MR) is 70.4 cm³/mol. The molecule has 0 aliphatic rings. The summed E-state index contributed by atoms with van der Waals surface area (Å²) in [6.07, 6.45) is 0. The van der Waals surface area contributed by atoms with E-state index in [4.69, 9.17) is 4.74 Å². The molecule has 0 amide bonds. The Kier molecular flexibility index (Phi) is 5.94. The summed E-state index contributed by atoms with van der Waals surface area (Å²) in [5.74, 6) is 0.887. The van der Waals surface area contributed by atoms with Gasteiger partial charge in [-0.3, -0.25) is 4.98 Å². The van der Waals surface area contributed by atoms with Gasteiger partial charge in [0.1, 0.15) is 12.4 Å². The number of likely N-dealkylation sites (N-methyl/N-ethyl adjacent to an activating group) is 1. The molecular formula is C13H23N3O. The molecule has 0 aromatic carbocycles. The molecule has 0 bridgehead atoms. The van der Waals surface area contributed by atoms with E-state index in [-0.39, 0.29) is 0 Å². The van der Waals surface area contributed by atoms with E-state index in [0.717, 1.165) is 36.8 Å². The largest absolute Gasteiger partial charge is 0.490 e. The number of nitrogens with zero attached hydrogens (tertiary/aromatic N) is 2. The Morgan fingerprint density at radius 2 is 2.12 bits per heavy atom. The second kappa shape index (κ2) is 7.25. The van der Waals surface area contributed by atoms with Crippen molar-refractivity contribution < 1.29 is 4.74 Å². The average molecular weight is 237 g/mol. The van der Waals surface area contributed by atoms with E-state index >= 15 is 0 Å². The monoisotopic (exact) mass is 237 g/mol. The van der Waals surface area contributed by atoms with Crippen LogP contribution < -0.4 is 10.1 Å². The Bertz CT molecular complexity index is 339. The van der Waals surface area contributed by atoms with Gasteiger partial charge in [-0.05, 0) is 39.7 Å². The van der Waals surface area contributed by atoms with Crippen molar-refractivity contribution in [1.82, 2.24) is 15.2 Å². The zero-order chi connectivity index (χ0) is 12.7. The first-order chi connectivity index (χ1) is 8.13. The Labute approximate surface area is 104 Å². The molecule has 4 nitrogen and oxygen atoms in total. The predicted octanol–water partition coefficient (Wildman–Crippen LogP) is 1.44. The van der Waals surface area contributed by atoms with Gasteiger partial charge in [0.15, 0.2) is 0 Å². The van der Waals surface area contributed by atoms with Gasteiger partial charge in [-0.25, -0.2) is 0 Å². The van der Waals surface area contributed by atoms with Gasteiger partial charge >= 0.3 is 0 Å². The van der Waals surface area contributed by atoms with Gasteiger partial charge in [0, 0.05) is 18.8 Å². The lowest BCUT2D eigenvalue weighted by Crippen LogP contribution is -2.20. The third kappa shape index (κ3) is 5.15. The molecular weight excluding hydrogens is 214 g/mol. The van der Waals surface area contributed by atoms with Crippen molar-refractivity contribution in [2.24, 2.45) is 0 Å². The first-order valence-electron chi connectivity index (χ1n) is 6.08. The van der Waals surface area contributed by atoms with Crippen LogP contribution in [0.4, 0.5) is 0 Å². The molecule has 1 heterocycles. The number of hydrogen-bond donors (Lipinski definition) is 1. The van der Waals surface area contributed by atoms with Crippen LogP contribution in [0.25, 0.3) is 0 Å². The maximum Gasteiger partial charge on any atom is 0.142 e. The van der Waals surface area contributed by atoms with E-state index in [1.165, 1.54) is 0 Å². The van der Waals surface area contributed by atoms with Crippen molar-refractivity contribution in [1.29, 1.82) is 0 Å². The Balaban J connectivity index is 2.62. The molecule has 17 heavy (non-hydrogen) atoms. The first-order valence-corrected chi connectivity index (χ1v) is 6.08. The minimum atomic E-state index is 0.691. The summed E-state index contributed by atoms with van der Waals surface area (Å²) >= 11 is 0. The Morgan fingerprint density at radius 1 is 1.35 bits per heavy atom. The molecule has 0 saturated heterocycles. The van der Waals surface area contributed by atoms with Crippen molar-refractivity contribution in [3.05, 3.63) is 23.5 Å². The topological polar surface area (TPSA) is 37.4 Å². The summed E-state index contributed by atoms with van der Waals surface area (Å²) in [5, 5.41) is 3.28. The van der Waals surface area contributed by atoms with Crippen LogP contribution in [0.1, 0.15) is 18.3 Å². The highest BCUT2D eigenvalue weighted by Gasteiger charge is 2.05. The average Bonchev–Trinajstić information content (AvgIpc) is 2.28. The zero-order valence-corrected chi connectivity index (χ0v) is 11.3. The number of nitrogens with one attached hydrogen (secondary N) is 1. The van der Waals surface area contributed by atoms with Crippen LogP contribution in [0.3, 0.4) is 0 Å². The normalized spacial score (nSPS) is 10.9. The van der Waals surface area contributed by atoms with Crippen molar-refractivity contribution >= 4 is 0 Å². The molecule has 0 aliphatic heterocycles. The molecule has 1 N–H and O–H groups in total. The van der Waals surface area contributed by atoms with Gasteiger partial charge in [-0.15, -0.1) is 0 Å². The minimum Gasteiger partial charge on any atom is -0.490 e. The van der Waals surface area contributed by atoms with E-state index in [9.17, 15) is 0 Å². The number of hydrogen-bond acceptors (Lipinski definition) is 4. The van der Waals surface area contributed by atoms with Crippen LogP contribution in [0.15, 0.2) is 12.1 Å². The highest BCUT2D eigenvalue weighted by molar-refractivity contribution is 5.29. The van der Waals surface area contributed by atoms with Crippen molar-refractivity contribution in [3.8, 4) is 5.75 Å². The van der Waals surface area contributed by atoms with Gasteiger partial charge in [-0.1, -0.05) is 6.92 Å². The standard InChI is InChI=1S/C13H23N3O/c1-5-14-10-12-13(7-6-11(2)15-12)17-9-8-16(3)4/h6-7,14H,5,8-10H2,1-4H3. The molecule has 0 fully saturated rings. The molecule has 0 saturated carbocycles. The van der Waals surface area contributed by atoms with Crippen LogP contribution >= 0.6 is 0 Å². The Morgan fingerprint density at radius 3 is 2.76 bits per heavy atom. The van der Waals surface area contributed by atoms with E-state index in [1.54, 1.807) is 0 Å². The van der Waals surface area contributed by atoms with Crippen molar-refractivity contribution in [2.45, 2.75) is 20.4 Å². The van der Waals surface area contributed by atoms with Crippen molar-refractivity contribution in [2.75, 3.05) is 33.8 Å². The minimum absolute atomic E-state index is 0.691. The maximum atomic E-state index is 5.76. The summed E-state index contributed by atoms with van der Waals surface area (Å²) in [5.41, 5.74) is 2.02. The van der Waals surface area contributed by atoms with Crippen molar-refractivity contribution in [3.63, 3.8) is 0 Å². The van der Waals surface area contributed by atoms with Crippen LogP contribution in [-0.4, -0.2) is 43.7 Å². The molecule has 1 aromatic heterocycles. The van der Waals surface area contributed by atoms with E-state index in [2.05, 4.69) is 22.1 Å². The number of aryl methyl sites for hydroxylation is 1. The van der Waals surface area contributed by atoms with E-state index in [1.807, 2.05) is 33.2 Å². The summed E-state index contributed by atoms with van der Waals surface area (Å²) in [6.45, 7) is 7.38. The summed E-state index contributed by atoms with van der Waals surface area (Å²) in [7, 11) is 4.08. The molecule has 96 valence electrons. The molecule has 4 heteroatoms. The van der Waals surface area contributed by atoms with Crippen LogP contribution in [-0.2, 0) is 6.54 Å². The Hall–Kier alpha value is -1.13. The number of pyridine rings is 1. The molecule has 0 atom stereocenters. The first kappa shape index (κ1) is 13.9. The highest BCUT2D eigenvalue weighted by Crippen LogP contribution is 2.16. The van der Waals surface area contributed by atoms with Crippen LogP contribution in [0.5, 0.6) is 5.75 Å². The van der Waals surface area contributed by atoms with Gasteiger partial charge < -0.3 is 15.0 Å².